The Kier molecular flexibility index (Phi) is 3.55. The predicted molar refractivity (Wildman–Crippen MR) is 69.1 cm³/mol. The van der Waals surface area contributed by atoms with Gasteiger partial charge in [0.2, 0.25) is 0 Å². The van der Waals surface area contributed by atoms with Crippen LogP contribution in [0.3, 0.4) is 0 Å². The Labute approximate surface area is 101 Å². The van der Waals surface area contributed by atoms with Gasteiger partial charge in [0.25, 0.3) is 0 Å². The summed E-state index contributed by atoms with van der Waals surface area (Å²) < 4.78 is 13.7. The topological polar surface area (TPSA) is 26.0 Å². The first-order chi connectivity index (χ1) is 8.26. The Morgan fingerprint density at radius 3 is 2.47 bits per heavy atom. The van der Waals surface area contributed by atoms with Crippen molar-refractivity contribution in [1.82, 2.24) is 0 Å². The van der Waals surface area contributed by atoms with Crippen molar-refractivity contribution in [3.63, 3.8) is 0 Å². The van der Waals surface area contributed by atoms with Crippen molar-refractivity contribution in [1.29, 1.82) is 0 Å². The smallest absolute Gasteiger partial charge is 0.128 e. The van der Waals surface area contributed by atoms with Gasteiger partial charge in [-0.05, 0) is 29.2 Å². The Morgan fingerprint density at radius 2 is 1.82 bits per heavy atom. The first kappa shape index (κ1) is 11.8. The van der Waals surface area contributed by atoms with Crippen LogP contribution in [0.5, 0.6) is 0 Å². The first-order valence-corrected chi connectivity index (χ1v) is 5.83. The average molecular weight is 229 g/mol. The summed E-state index contributed by atoms with van der Waals surface area (Å²) in [5.41, 5.74) is 9.25. The standard InChI is InChI=1S/C15H16FN/c1-2-11-5-3-4-6-14(11)12-7-8-13(10-17)15(16)9-12/h3-9H,2,10,17H2,1H3. The van der Waals surface area contributed by atoms with E-state index in [9.17, 15) is 4.39 Å². The van der Waals surface area contributed by atoms with Crippen LogP contribution < -0.4 is 5.73 Å². The fourth-order valence-electron chi connectivity index (χ4n) is 1.99. The zero-order chi connectivity index (χ0) is 12.3. The third-order valence-corrected chi connectivity index (χ3v) is 2.98. The molecule has 0 bridgehead atoms. The number of hydrogen-bond acceptors (Lipinski definition) is 1. The van der Waals surface area contributed by atoms with E-state index >= 15 is 0 Å². The Balaban J connectivity index is 2.49. The molecule has 0 atom stereocenters. The second-order valence-corrected chi connectivity index (χ2v) is 4.02. The van der Waals surface area contributed by atoms with Crippen LogP contribution in [0.4, 0.5) is 4.39 Å². The molecule has 0 amide bonds. The van der Waals surface area contributed by atoms with E-state index in [0.717, 1.165) is 17.5 Å². The van der Waals surface area contributed by atoms with Crippen LogP contribution in [0.1, 0.15) is 18.1 Å². The molecular formula is C15H16FN. The second-order valence-electron chi connectivity index (χ2n) is 4.02. The molecule has 0 aliphatic rings. The summed E-state index contributed by atoms with van der Waals surface area (Å²) in [7, 11) is 0. The number of aryl methyl sites for hydroxylation is 1. The maximum absolute atomic E-state index is 13.7. The molecule has 17 heavy (non-hydrogen) atoms. The molecule has 2 rings (SSSR count). The lowest BCUT2D eigenvalue weighted by Gasteiger charge is -2.09. The van der Waals surface area contributed by atoms with E-state index in [-0.39, 0.29) is 12.4 Å². The largest absolute Gasteiger partial charge is 0.326 e. The lowest BCUT2D eigenvalue weighted by molar-refractivity contribution is 0.611. The summed E-state index contributed by atoms with van der Waals surface area (Å²) in [4.78, 5) is 0. The maximum Gasteiger partial charge on any atom is 0.128 e. The normalized spacial score (nSPS) is 10.5. The molecule has 0 radical (unpaired) electrons. The van der Waals surface area contributed by atoms with Crippen LogP contribution in [-0.4, -0.2) is 0 Å². The summed E-state index contributed by atoms with van der Waals surface area (Å²) in [5, 5.41) is 0. The van der Waals surface area contributed by atoms with Crippen LogP contribution in [0.15, 0.2) is 42.5 Å². The van der Waals surface area contributed by atoms with Crippen molar-refractivity contribution in [2.24, 2.45) is 5.73 Å². The van der Waals surface area contributed by atoms with Crippen molar-refractivity contribution >= 4 is 0 Å². The fourth-order valence-corrected chi connectivity index (χ4v) is 1.99. The highest BCUT2D eigenvalue weighted by Crippen LogP contribution is 2.25. The van der Waals surface area contributed by atoms with E-state index in [2.05, 4.69) is 13.0 Å². The molecule has 2 heteroatoms. The molecule has 0 unspecified atom stereocenters. The summed E-state index contributed by atoms with van der Waals surface area (Å²) in [6.07, 6.45) is 0.941. The van der Waals surface area contributed by atoms with Gasteiger partial charge in [-0.25, -0.2) is 4.39 Å². The van der Waals surface area contributed by atoms with Crippen LogP contribution in [-0.2, 0) is 13.0 Å². The maximum atomic E-state index is 13.7. The Morgan fingerprint density at radius 1 is 1.06 bits per heavy atom. The molecule has 2 aromatic rings. The van der Waals surface area contributed by atoms with E-state index in [1.54, 1.807) is 12.1 Å². The van der Waals surface area contributed by atoms with Crippen molar-refractivity contribution in [2.75, 3.05) is 0 Å². The lowest BCUT2D eigenvalue weighted by atomic mass is 9.97. The minimum atomic E-state index is -0.226. The van der Waals surface area contributed by atoms with E-state index < -0.39 is 0 Å². The highest BCUT2D eigenvalue weighted by molar-refractivity contribution is 5.67. The Bertz CT molecular complexity index is 520. The zero-order valence-corrected chi connectivity index (χ0v) is 9.91. The molecule has 0 heterocycles. The number of halogens is 1. The molecule has 0 aliphatic carbocycles. The number of hydrogen-bond donors (Lipinski definition) is 1. The summed E-state index contributed by atoms with van der Waals surface area (Å²) in [5.74, 6) is -0.226. The minimum Gasteiger partial charge on any atom is -0.326 e. The van der Waals surface area contributed by atoms with E-state index in [0.29, 0.717) is 5.56 Å². The van der Waals surface area contributed by atoms with Crippen molar-refractivity contribution in [3.8, 4) is 11.1 Å². The predicted octanol–water partition coefficient (Wildman–Crippen LogP) is 3.51. The second kappa shape index (κ2) is 5.11. The molecule has 2 N–H and O–H groups in total. The molecule has 88 valence electrons. The molecule has 0 aliphatic heterocycles. The third kappa shape index (κ3) is 2.37. The van der Waals surface area contributed by atoms with Gasteiger partial charge in [-0.15, -0.1) is 0 Å². The van der Waals surface area contributed by atoms with Crippen LogP contribution in [0.25, 0.3) is 11.1 Å². The van der Waals surface area contributed by atoms with Gasteiger partial charge < -0.3 is 5.73 Å². The summed E-state index contributed by atoms with van der Waals surface area (Å²) in [6.45, 7) is 2.34. The van der Waals surface area contributed by atoms with Gasteiger partial charge in [0.15, 0.2) is 0 Å². The van der Waals surface area contributed by atoms with Gasteiger partial charge in [0.1, 0.15) is 5.82 Å². The number of rotatable bonds is 3. The summed E-state index contributed by atoms with van der Waals surface area (Å²) >= 11 is 0. The van der Waals surface area contributed by atoms with Gasteiger partial charge in [-0.2, -0.15) is 0 Å². The van der Waals surface area contributed by atoms with Gasteiger partial charge >= 0.3 is 0 Å². The van der Waals surface area contributed by atoms with Crippen molar-refractivity contribution in [2.45, 2.75) is 19.9 Å². The van der Waals surface area contributed by atoms with Gasteiger partial charge in [0, 0.05) is 12.1 Å². The monoisotopic (exact) mass is 229 g/mol. The molecule has 1 nitrogen and oxygen atoms in total. The van der Waals surface area contributed by atoms with Gasteiger partial charge in [-0.1, -0.05) is 43.3 Å². The van der Waals surface area contributed by atoms with Crippen LogP contribution in [0, 0.1) is 5.82 Å². The average Bonchev–Trinajstić information content (AvgIpc) is 2.38. The van der Waals surface area contributed by atoms with E-state index in [1.165, 1.54) is 5.56 Å². The van der Waals surface area contributed by atoms with Crippen LogP contribution in [0.2, 0.25) is 0 Å². The number of nitrogens with two attached hydrogens (primary N) is 1. The molecular weight excluding hydrogens is 213 g/mol. The molecule has 2 aromatic carbocycles. The van der Waals surface area contributed by atoms with Crippen LogP contribution >= 0.6 is 0 Å². The Hall–Kier alpha value is -1.67. The highest BCUT2D eigenvalue weighted by atomic mass is 19.1. The molecule has 0 saturated carbocycles. The lowest BCUT2D eigenvalue weighted by Crippen LogP contribution is -1.99. The third-order valence-electron chi connectivity index (χ3n) is 2.98. The molecule has 0 fully saturated rings. The summed E-state index contributed by atoms with van der Waals surface area (Å²) in [6, 6.07) is 13.3. The minimum absolute atomic E-state index is 0.226. The molecule has 0 saturated heterocycles. The first-order valence-electron chi connectivity index (χ1n) is 5.83. The zero-order valence-electron chi connectivity index (χ0n) is 9.91. The fraction of sp³-hybridized carbons (Fsp3) is 0.200. The van der Waals surface area contributed by atoms with Crippen molar-refractivity contribution in [3.05, 3.63) is 59.4 Å². The van der Waals surface area contributed by atoms with Gasteiger partial charge in [-0.3, -0.25) is 0 Å². The van der Waals surface area contributed by atoms with E-state index in [1.807, 2.05) is 24.3 Å². The highest BCUT2D eigenvalue weighted by Gasteiger charge is 2.06. The molecule has 0 aromatic heterocycles. The SMILES string of the molecule is CCc1ccccc1-c1ccc(CN)c(F)c1. The van der Waals surface area contributed by atoms with Gasteiger partial charge in [0.05, 0.1) is 0 Å². The van der Waals surface area contributed by atoms with E-state index in [4.69, 9.17) is 5.73 Å². The quantitative estimate of drug-likeness (QED) is 0.856. The number of benzene rings is 2. The van der Waals surface area contributed by atoms with Crippen molar-refractivity contribution < 1.29 is 4.39 Å². The molecule has 0 spiro atoms.